The molecule has 0 heterocycles. The summed E-state index contributed by atoms with van der Waals surface area (Å²) in [5.41, 5.74) is 0. The first kappa shape index (κ1) is 52.1. The van der Waals surface area contributed by atoms with Crippen LogP contribution in [0.1, 0.15) is 162 Å². The van der Waals surface area contributed by atoms with Crippen molar-refractivity contribution in [2.45, 2.75) is 204 Å². The monoisotopic (exact) mass is 818 g/mol. The molecule has 14 heteroatoms. The van der Waals surface area contributed by atoms with Crippen LogP contribution in [0.25, 0.3) is 0 Å². The molecular formula is C42H75O13P. The smallest absolute Gasteiger partial charge is 0.462 e. The second-order valence-electron chi connectivity index (χ2n) is 14.8. The topological polar surface area (TPSA) is 210 Å². The number of phosphoric acid groups is 1. The molecule has 1 rings (SSSR count). The lowest BCUT2D eigenvalue weighted by molar-refractivity contribution is -0.220. The maximum Gasteiger partial charge on any atom is 0.472 e. The number of allylic oxidation sites excluding steroid dienone is 6. The summed E-state index contributed by atoms with van der Waals surface area (Å²) < 4.78 is 33.4. The highest BCUT2D eigenvalue weighted by Gasteiger charge is 2.51. The molecule has 56 heavy (non-hydrogen) atoms. The van der Waals surface area contributed by atoms with Gasteiger partial charge in [0.1, 0.15) is 43.2 Å². The predicted octanol–water partition coefficient (Wildman–Crippen LogP) is 7.44. The van der Waals surface area contributed by atoms with Gasteiger partial charge in [0, 0.05) is 12.8 Å². The molecule has 0 radical (unpaired) electrons. The molecule has 1 aliphatic carbocycles. The van der Waals surface area contributed by atoms with Crippen LogP contribution in [0.3, 0.4) is 0 Å². The first-order chi connectivity index (χ1) is 26.9. The standard InChI is InChI=1S/C42H75O13P/c1-3-5-7-9-11-13-15-17-18-19-21-22-24-26-28-30-35(43)52-32-34(54-36(44)31-29-27-25-23-20-16-14-12-10-8-6-4-2)33-53-56(50,51)55-42-40(48)38(46)37(45)39(47)41(42)49/h5,7,11,13,17-18,34,37-42,45-49H,3-4,6,8-10,12,14-16,19-33H2,1-2H3,(H,50,51)/b7-5+,13-11+,18-17+/t34-,37?,38-,39?,40?,41?,42?/m0/s1. The van der Waals surface area contributed by atoms with Gasteiger partial charge < -0.3 is 39.9 Å². The van der Waals surface area contributed by atoms with Crippen LogP contribution in [0.2, 0.25) is 0 Å². The van der Waals surface area contributed by atoms with Gasteiger partial charge in [-0.05, 0) is 44.9 Å². The van der Waals surface area contributed by atoms with Crippen LogP contribution >= 0.6 is 7.82 Å². The zero-order valence-corrected chi connectivity index (χ0v) is 35.1. The average molecular weight is 819 g/mol. The Balaban J connectivity index is 2.51. The summed E-state index contributed by atoms with van der Waals surface area (Å²) in [6.07, 6.45) is 22.1. The van der Waals surface area contributed by atoms with Gasteiger partial charge in [0.2, 0.25) is 0 Å². The zero-order valence-electron chi connectivity index (χ0n) is 34.2. The average Bonchev–Trinajstić information content (AvgIpc) is 3.18. The summed E-state index contributed by atoms with van der Waals surface area (Å²) in [5.74, 6) is -1.12. The van der Waals surface area contributed by atoms with E-state index in [4.69, 9.17) is 18.5 Å². The van der Waals surface area contributed by atoms with Crippen molar-refractivity contribution >= 4 is 19.8 Å². The normalized spacial score (nSPS) is 23.2. The molecule has 1 saturated carbocycles. The van der Waals surface area contributed by atoms with E-state index in [0.29, 0.717) is 12.8 Å². The highest BCUT2D eigenvalue weighted by molar-refractivity contribution is 7.47. The molecule has 0 spiro atoms. The first-order valence-corrected chi connectivity index (χ1v) is 22.8. The Morgan fingerprint density at radius 3 is 1.55 bits per heavy atom. The van der Waals surface area contributed by atoms with Gasteiger partial charge in [-0.15, -0.1) is 0 Å². The van der Waals surface area contributed by atoms with Crippen molar-refractivity contribution in [2.75, 3.05) is 13.2 Å². The number of hydrogen-bond donors (Lipinski definition) is 6. The van der Waals surface area contributed by atoms with Gasteiger partial charge in [-0.1, -0.05) is 140 Å². The lowest BCUT2D eigenvalue weighted by atomic mass is 9.85. The van der Waals surface area contributed by atoms with E-state index >= 15 is 0 Å². The molecule has 0 aliphatic heterocycles. The molecule has 326 valence electrons. The van der Waals surface area contributed by atoms with Gasteiger partial charge in [0.15, 0.2) is 6.10 Å². The molecule has 0 bridgehead atoms. The van der Waals surface area contributed by atoms with Gasteiger partial charge in [0.25, 0.3) is 0 Å². The fraction of sp³-hybridized carbons (Fsp3) is 0.810. The van der Waals surface area contributed by atoms with Crippen molar-refractivity contribution in [3.63, 3.8) is 0 Å². The molecule has 0 aromatic heterocycles. The predicted molar refractivity (Wildman–Crippen MR) is 216 cm³/mol. The number of unbranched alkanes of at least 4 members (excludes halogenated alkanes) is 16. The van der Waals surface area contributed by atoms with Crippen molar-refractivity contribution in [3.8, 4) is 0 Å². The number of aliphatic hydroxyl groups excluding tert-OH is 5. The molecule has 8 atom stereocenters. The maximum atomic E-state index is 12.8. The first-order valence-electron chi connectivity index (χ1n) is 21.3. The molecule has 0 saturated heterocycles. The quantitative estimate of drug-likeness (QED) is 0.0162. The highest BCUT2D eigenvalue weighted by atomic mass is 31.2. The SMILES string of the molecule is CC/C=C/C/C=C/C/C=C/CCCCCCCC(=O)OC[C@@H](COP(=O)(O)OC1C(O)C(O)C(O)[C@H](O)C1O)OC(=O)CCCCCCCCCCCCCC. The summed E-state index contributed by atoms with van der Waals surface area (Å²) >= 11 is 0. The van der Waals surface area contributed by atoms with Crippen LogP contribution in [-0.2, 0) is 32.7 Å². The Morgan fingerprint density at radius 2 is 1.02 bits per heavy atom. The number of carbonyl (C=O) groups is 2. The minimum atomic E-state index is -5.11. The van der Waals surface area contributed by atoms with E-state index in [2.05, 4.69) is 50.3 Å². The number of phosphoric ester groups is 1. The number of aliphatic hydroxyl groups is 5. The number of esters is 2. The number of carbonyl (C=O) groups excluding carboxylic acids is 2. The van der Waals surface area contributed by atoms with Crippen LogP contribution in [0.5, 0.6) is 0 Å². The van der Waals surface area contributed by atoms with E-state index in [1.807, 2.05) is 0 Å². The molecule has 1 fully saturated rings. The van der Waals surface area contributed by atoms with Crippen LogP contribution in [0.4, 0.5) is 0 Å². The van der Waals surface area contributed by atoms with Gasteiger partial charge >= 0.3 is 19.8 Å². The summed E-state index contributed by atoms with van der Waals surface area (Å²) in [6.45, 7) is 3.15. The number of rotatable bonds is 34. The molecule has 0 aromatic rings. The van der Waals surface area contributed by atoms with Crippen molar-refractivity contribution in [3.05, 3.63) is 36.5 Å². The Bertz CT molecular complexity index is 1130. The minimum absolute atomic E-state index is 0.0947. The van der Waals surface area contributed by atoms with E-state index < -0.39 is 75.7 Å². The molecule has 0 amide bonds. The van der Waals surface area contributed by atoms with Crippen molar-refractivity contribution in [2.24, 2.45) is 0 Å². The summed E-state index contributed by atoms with van der Waals surface area (Å²) in [6, 6.07) is 0. The van der Waals surface area contributed by atoms with Crippen LogP contribution in [0.15, 0.2) is 36.5 Å². The van der Waals surface area contributed by atoms with Crippen molar-refractivity contribution < 1.29 is 63.1 Å². The third-order valence-corrected chi connectivity index (χ3v) is 10.7. The third-order valence-electron chi connectivity index (χ3n) is 9.75. The molecule has 13 nitrogen and oxygen atoms in total. The molecule has 0 aromatic carbocycles. The number of ether oxygens (including phenoxy) is 2. The second-order valence-corrected chi connectivity index (χ2v) is 16.2. The fourth-order valence-corrected chi connectivity index (χ4v) is 7.27. The largest absolute Gasteiger partial charge is 0.472 e. The van der Waals surface area contributed by atoms with E-state index in [-0.39, 0.29) is 12.8 Å². The van der Waals surface area contributed by atoms with E-state index in [1.54, 1.807) is 0 Å². The van der Waals surface area contributed by atoms with Crippen LogP contribution < -0.4 is 0 Å². The van der Waals surface area contributed by atoms with Crippen LogP contribution in [0, 0.1) is 0 Å². The lowest BCUT2D eigenvalue weighted by Crippen LogP contribution is -2.64. The molecule has 1 aliphatic rings. The Morgan fingerprint density at radius 1 is 0.571 bits per heavy atom. The zero-order chi connectivity index (χ0) is 41.4. The second kappa shape index (κ2) is 33.0. The third kappa shape index (κ3) is 25.4. The van der Waals surface area contributed by atoms with Gasteiger partial charge in [-0.3, -0.25) is 18.6 Å². The lowest BCUT2D eigenvalue weighted by Gasteiger charge is -2.41. The molecule has 6 unspecified atom stereocenters. The van der Waals surface area contributed by atoms with Crippen LogP contribution in [-0.4, -0.2) is 98.3 Å². The van der Waals surface area contributed by atoms with Crippen molar-refractivity contribution in [1.82, 2.24) is 0 Å². The van der Waals surface area contributed by atoms with E-state index in [1.165, 1.54) is 44.9 Å². The summed E-state index contributed by atoms with van der Waals surface area (Å²) in [5, 5.41) is 50.0. The molecule has 6 N–H and O–H groups in total. The summed E-state index contributed by atoms with van der Waals surface area (Å²) in [7, 11) is -5.11. The fourth-order valence-electron chi connectivity index (χ4n) is 6.30. The van der Waals surface area contributed by atoms with Gasteiger partial charge in [-0.2, -0.15) is 0 Å². The van der Waals surface area contributed by atoms with Crippen molar-refractivity contribution in [1.29, 1.82) is 0 Å². The summed E-state index contributed by atoms with van der Waals surface area (Å²) in [4.78, 5) is 35.6. The van der Waals surface area contributed by atoms with E-state index in [9.17, 15) is 44.6 Å². The highest BCUT2D eigenvalue weighted by Crippen LogP contribution is 2.47. The van der Waals surface area contributed by atoms with Gasteiger partial charge in [0.05, 0.1) is 6.61 Å². The Kier molecular flexibility index (Phi) is 30.7. The van der Waals surface area contributed by atoms with Gasteiger partial charge in [-0.25, -0.2) is 4.57 Å². The minimum Gasteiger partial charge on any atom is -0.462 e. The number of hydrogen-bond acceptors (Lipinski definition) is 12. The molecular weight excluding hydrogens is 743 g/mol. The maximum absolute atomic E-state index is 12.8. The Hall–Kier alpha value is -1.93. The van der Waals surface area contributed by atoms with E-state index in [0.717, 1.165) is 77.0 Å². The Labute approximate surface area is 336 Å².